The van der Waals surface area contributed by atoms with Crippen LogP contribution in [0, 0.1) is 0 Å². The first kappa shape index (κ1) is 14.2. The number of β-amino-alcohol motifs (C(OH)–C–C–N with tert-alkyl or cyclic N) is 1. The van der Waals surface area contributed by atoms with Crippen LogP contribution in [-0.2, 0) is 13.0 Å². The first-order valence-corrected chi connectivity index (χ1v) is 7.42. The maximum Gasteiger partial charge on any atom is 0.0969 e. The van der Waals surface area contributed by atoms with E-state index in [-0.39, 0.29) is 0 Å². The maximum atomic E-state index is 10.8. The van der Waals surface area contributed by atoms with E-state index >= 15 is 0 Å². The Kier molecular flexibility index (Phi) is 4.26. The molecule has 1 aliphatic rings. The van der Waals surface area contributed by atoms with E-state index in [0.29, 0.717) is 13.1 Å². The Bertz CT molecular complexity index is 544. The highest BCUT2D eigenvalue weighted by Crippen LogP contribution is 2.22. The van der Waals surface area contributed by atoms with Crippen molar-refractivity contribution in [3.05, 3.63) is 42.5 Å². The molecule has 0 bridgehead atoms. The molecule has 1 atom stereocenters. The van der Waals surface area contributed by atoms with Crippen LogP contribution in [0.3, 0.4) is 0 Å². The number of aliphatic hydroxyl groups is 1. The summed E-state index contributed by atoms with van der Waals surface area (Å²) in [5, 5.41) is 18.5. The van der Waals surface area contributed by atoms with Gasteiger partial charge in [-0.3, -0.25) is 4.98 Å². The number of hydrogen-bond donors (Lipinski definition) is 1. The topological polar surface area (TPSA) is 67.1 Å². The molecular formula is C15H21N5O. The summed E-state index contributed by atoms with van der Waals surface area (Å²) in [6.45, 7) is 3.15. The molecule has 0 aromatic carbocycles. The van der Waals surface area contributed by atoms with Crippen molar-refractivity contribution in [1.29, 1.82) is 0 Å². The first-order chi connectivity index (χ1) is 10.2. The van der Waals surface area contributed by atoms with Gasteiger partial charge in [0, 0.05) is 37.6 Å². The third-order valence-electron chi connectivity index (χ3n) is 3.97. The van der Waals surface area contributed by atoms with E-state index < -0.39 is 5.60 Å². The lowest BCUT2D eigenvalue weighted by molar-refractivity contribution is -0.0452. The molecule has 21 heavy (non-hydrogen) atoms. The highest BCUT2D eigenvalue weighted by molar-refractivity contribution is 5.04. The second-order valence-electron chi connectivity index (χ2n) is 5.78. The Hall–Kier alpha value is -1.79. The zero-order valence-electron chi connectivity index (χ0n) is 12.1. The highest BCUT2D eigenvalue weighted by atomic mass is 16.3. The predicted molar refractivity (Wildman–Crippen MR) is 78.6 cm³/mol. The summed E-state index contributed by atoms with van der Waals surface area (Å²) >= 11 is 0. The minimum atomic E-state index is -0.712. The fraction of sp³-hybridized carbons (Fsp3) is 0.533. The molecule has 3 rings (SSSR count). The standard InChI is InChI=1S/C15H21N5O/c21-15(13-20-11-8-17-18-20)6-3-9-19(12-15)10-5-14-4-1-2-7-16-14/h1-2,4,7-8,11,21H,3,5-6,9-10,12-13H2. The van der Waals surface area contributed by atoms with E-state index in [1.165, 1.54) is 0 Å². The maximum absolute atomic E-state index is 10.8. The number of hydrogen-bond acceptors (Lipinski definition) is 5. The van der Waals surface area contributed by atoms with Crippen molar-refractivity contribution in [3.63, 3.8) is 0 Å². The second-order valence-corrected chi connectivity index (χ2v) is 5.78. The third-order valence-corrected chi connectivity index (χ3v) is 3.97. The summed E-state index contributed by atoms with van der Waals surface area (Å²) in [6, 6.07) is 5.99. The van der Waals surface area contributed by atoms with Gasteiger partial charge in [0.05, 0.1) is 18.3 Å². The van der Waals surface area contributed by atoms with Gasteiger partial charge < -0.3 is 10.0 Å². The molecule has 3 heterocycles. The summed E-state index contributed by atoms with van der Waals surface area (Å²) in [5.41, 5.74) is 0.388. The Balaban J connectivity index is 1.55. The molecule has 1 aliphatic heterocycles. The molecule has 0 radical (unpaired) electrons. The van der Waals surface area contributed by atoms with Gasteiger partial charge in [0.1, 0.15) is 0 Å². The van der Waals surface area contributed by atoms with Crippen molar-refractivity contribution in [2.75, 3.05) is 19.6 Å². The molecule has 1 fully saturated rings. The molecule has 6 heteroatoms. The smallest absolute Gasteiger partial charge is 0.0969 e. The van der Waals surface area contributed by atoms with Crippen molar-refractivity contribution in [1.82, 2.24) is 24.9 Å². The SMILES string of the molecule is OC1(Cn2ccnn2)CCCN(CCc2ccccn2)C1. The second kappa shape index (κ2) is 6.32. The van der Waals surface area contributed by atoms with Crippen LogP contribution < -0.4 is 0 Å². The average molecular weight is 287 g/mol. The highest BCUT2D eigenvalue weighted by Gasteiger charge is 2.33. The molecule has 0 spiro atoms. The minimum Gasteiger partial charge on any atom is -0.387 e. The summed E-state index contributed by atoms with van der Waals surface area (Å²) in [4.78, 5) is 6.66. The van der Waals surface area contributed by atoms with E-state index in [0.717, 1.165) is 38.0 Å². The molecule has 6 nitrogen and oxygen atoms in total. The summed E-state index contributed by atoms with van der Waals surface area (Å²) in [7, 11) is 0. The molecule has 2 aromatic rings. The lowest BCUT2D eigenvalue weighted by Crippen LogP contribution is -2.51. The van der Waals surface area contributed by atoms with E-state index in [4.69, 9.17) is 0 Å². The molecule has 2 aromatic heterocycles. The summed E-state index contributed by atoms with van der Waals surface area (Å²) < 4.78 is 1.71. The molecule has 0 aliphatic carbocycles. The molecule has 0 saturated carbocycles. The van der Waals surface area contributed by atoms with E-state index in [2.05, 4.69) is 20.2 Å². The fourth-order valence-corrected chi connectivity index (χ4v) is 2.96. The number of aromatic nitrogens is 4. The lowest BCUT2D eigenvalue weighted by Gasteiger charge is -2.39. The average Bonchev–Trinajstić information content (AvgIpc) is 2.98. The Morgan fingerprint density at radius 3 is 3.00 bits per heavy atom. The van der Waals surface area contributed by atoms with Gasteiger partial charge in [-0.15, -0.1) is 5.10 Å². The largest absolute Gasteiger partial charge is 0.387 e. The first-order valence-electron chi connectivity index (χ1n) is 7.42. The molecule has 1 N–H and O–H groups in total. The van der Waals surface area contributed by atoms with Crippen LogP contribution in [0.15, 0.2) is 36.8 Å². The van der Waals surface area contributed by atoms with Crippen molar-refractivity contribution in [2.45, 2.75) is 31.4 Å². The van der Waals surface area contributed by atoms with Gasteiger partial charge >= 0.3 is 0 Å². The lowest BCUT2D eigenvalue weighted by atomic mass is 9.92. The third kappa shape index (κ3) is 3.86. The van der Waals surface area contributed by atoms with Gasteiger partial charge in [0.2, 0.25) is 0 Å². The van der Waals surface area contributed by atoms with Gasteiger partial charge in [0.15, 0.2) is 0 Å². The number of likely N-dealkylation sites (tertiary alicyclic amines) is 1. The summed E-state index contributed by atoms with van der Waals surface area (Å²) in [6.07, 6.45) is 8.00. The number of pyridine rings is 1. The molecule has 112 valence electrons. The zero-order chi connectivity index (χ0) is 14.5. The Labute approximate surface area is 124 Å². The molecule has 1 unspecified atom stereocenters. The van der Waals surface area contributed by atoms with Gasteiger partial charge in [-0.05, 0) is 31.5 Å². The van der Waals surface area contributed by atoms with Crippen molar-refractivity contribution < 1.29 is 5.11 Å². The molecule has 0 amide bonds. The normalized spacial score (nSPS) is 23.3. The zero-order valence-corrected chi connectivity index (χ0v) is 12.1. The number of nitrogens with zero attached hydrogens (tertiary/aromatic N) is 5. The van der Waals surface area contributed by atoms with Crippen molar-refractivity contribution in [2.24, 2.45) is 0 Å². The van der Waals surface area contributed by atoms with Gasteiger partial charge in [0.25, 0.3) is 0 Å². The van der Waals surface area contributed by atoms with Gasteiger partial charge in [-0.2, -0.15) is 0 Å². The fourth-order valence-electron chi connectivity index (χ4n) is 2.96. The van der Waals surface area contributed by atoms with Crippen molar-refractivity contribution in [3.8, 4) is 0 Å². The van der Waals surface area contributed by atoms with Gasteiger partial charge in [-0.25, -0.2) is 4.68 Å². The van der Waals surface area contributed by atoms with Crippen LogP contribution in [0.1, 0.15) is 18.5 Å². The van der Waals surface area contributed by atoms with Crippen LogP contribution in [0.4, 0.5) is 0 Å². The van der Waals surface area contributed by atoms with Crippen LogP contribution in [0.25, 0.3) is 0 Å². The predicted octanol–water partition coefficient (Wildman–Crippen LogP) is 0.743. The van der Waals surface area contributed by atoms with Crippen LogP contribution in [0.5, 0.6) is 0 Å². The Morgan fingerprint density at radius 1 is 1.29 bits per heavy atom. The van der Waals surface area contributed by atoms with Gasteiger partial charge in [-0.1, -0.05) is 11.3 Å². The molecule has 1 saturated heterocycles. The monoisotopic (exact) mass is 287 g/mol. The minimum absolute atomic E-state index is 0.507. The molecular weight excluding hydrogens is 266 g/mol. The van der Waals surface area contributed by atoms with Crippen LogP contribution >= 0.6 is 0 Å². The van der Waals surface area contributed by atoms with E-state index in [9.17, 15) is 5.11 Å². The van der Waals surface area contributed by atoms with E-state index in [1.807, 2.05) is 24.4 Å². The van der Waals surface area contributed by atoms with Crippen LogP contribution in [0.2, 0.25) is 0 Å². The number of piperidine rings is 1. The Morgan fingerprint density at radius 2 is 2.24 bits per heavy atom. The van der Waals surface area contributed by atoms with E-state index in [1.54, 1.807) is 17.1 Å². The quantitative estimate of drug-likeness (QED) is 0.878. The summed E-state index contributed by atoms with van der Waals surface area (Å²) in [5.74, 6) is 0. The number of rotatable bonds is 5. The van der Waals surface area contributed by atoms with Crippen LogP contribution in [-0.4, -0.2) is 55.2 Å². The van der Waals surface area contributed by atoms with Crippen molar-refractivity contribution >= 4 is 0 Å².